The fourth-order valence-corrected chi connectivity index (χ4v) is 2.01. The van der Waals surface area contributed by atoms with Crippen LogP contribution in [0.3, 0.4) is 0 Å². The highest BCUT2D eigenvalue weighted by molar-refractivity contribution is 5.89. The van der Waals surface area contributed by atoms with Crippen molar-refractivity contribution in [3.8, 4) is 0 Å². The molecule has 1 aliphatic rings. The van der Waals surface area contributed by atoms with Gasteiger partial charge >= 0.3 is 5.97 Å². The predicted molar refractivity (Wildman–Crippen MR) is 72.2 cm³/mol. The van der Waals surface area contributed by atoms with Crippen LogP contribution in [0.2, 0.25) is 0 Å². The molecule has 0 atom stereocenters. The van der Waals surface area contributed by atoms with Crippen molar-refractivity contribution < 1.29 is 18.7 Å². The van der Waals surface area contributed by atoms with Gasteiger partial charge in [0.2, 0.25) is 0 Å². The number of nitrogens with zero attached hydrogens (tertiary/aromatic N) is 1. The van der Waals surface area contributed by atoms with Gasteiger partial charge in [0.05, 0.1) is 0 Å². The first-order valence-corrected chi connectivity index (χ1v) is 6.53. The molecule has 0 unspecified atom stereocenters. The van der Waals surface area contributed by atoms with Crippen molar-refractivity contribution in [1.82, 2.24) is 4.90 Å². The first-order chi connectivity index (χ1) is 9.65. The van der Waals surface area contributed by atoms with Crippen LogP contribution in [0.25, 0.3) is 6.08 Å². The van der Waals surface area contributed by atoms with Gasteiger partial charge in [-0.1, -0.05) is 12.1 Å². The lowest BCUT2D eigenvalue weighted by Gasteiger charge is -2.14. The maximum absolute atomic E-state index is 12.9. The number of ether oxygens (including phenoxy) is 1. The smallest absolute Gasteiger partial charge is 0.331 e. The molecule has 0 spiro atoms. The molecule has 0 bridgehead atoms. The monoisotopic (exact) mass is 277 g/mol. The lowest BCUT2D eigenvalue weighted by Crippen LogP contribution is -2.31. The van der Waals surface area contributed by atoms with E-state index in [0.717, 1.165) is 25.9 Å². The van der Waals surface area contributed by atoms with Gasteiger partial charge in [-0.05, 0) is 36.6 Å². The van der Waals surface area contributed by atoms with E-state index in [-0.39, 0.29) is 18.3 Å². The molecule has 0 aliphatic carbocycles. The fourth-order valence-electron chi connectivity index (χ4n) is 2.01. The molecular formula is C15H16FNO3. The zero-order valence-electron chi connectivity index (χ0n) is 11.0. The average Bonchev–Trinajstić information content (AvgIpc) is 2.97. The fraction of sp³-hybridized carbons (Fsp3) is 0.333. The Bertz CT molecular complexity index is 522. The van der Waals surface area contributed by atoms with Crippen LogP contribution >= 0.6 is 0 Å². The van der Waals surface area contributed by atoms with E-state index >= 15 is 0 Å². The molecular weight excluding hydrogens is 261 g/mol. The van der Waals surface area contributed by atoms with Crippen LogP contribution in [0.1, 0.15) is 18.4 Å². The van der Waals surface area contributed by atoms with Gasteiger partial charge in [-0.25, -0.2) is 9.18 Å². The zero-order chi connectivity index (χ0) is 14.4. The summed E-state index contributed by atoms with van der Waals surface area (Å²) < 4.78 is 17.8. The van der Waals surface area contributed by atoms with Crippen LogP contribution in [0.5, 0.6) is 0 Å². The van der Waals surface area contributed by atoms with Gasteiger partial charge in [0.1, 0.15) is 5.82 Å². The van der Waals surface area contributed by atoms with Crippen molar-refractivity contribution >= 4 is 18.0 Å². The van der Waals surface area contributed by atoms with Gasteiger partial charge in [-0.15, -0.1) is 0 Å². The molecule has 5 heteroatoms. The van der Waals surface area contributed by atoms with E-state index in [2.05, 4.69) is 0 Å². The van der Waals surface area contributed by atoms with Crippen molar-refractivity contribution in [2.45, 2.75) is 12.8 Å². The van der Waals surface area contributed by atoms with Crippen LogP contribution in [-0.2, 0) is 14.3 Å². The summed E-state index contributed by atoms with van der Waals surface area (Å²) in [4.78, 5) is 24.8. The molecule has 4 nitrogen and oxygen atoms in total. The second kappa shape index (κ2) is 6.84. The summed E-state index contributed by atoms with van der Waals surface area (Å²) in [6.07, 6.45) is 4.64. The maximum atomic E-state index is 12.9. The molecule has 0 N–H and O–H groups in total. The summed E-state index contributed by atoms with van der Waals surface area (Å²) in [5.74, 6) is -1.15. The van der Waals surface area contributed by atoms with Crippen molar-refractivity contribution in [1.29, 1.82) is 0 Å². The van der Waals surface area contributed by atoms with Crippen LogP contribution in [0.4, 0.5) is 4.39 Å². The number of hydrogen-bond acceptors (Lipinski definition) is 3. The molecule has 20 heavy (non-hydrogen) atoms. The van der Waals surface area contributed by atoms with Gasteiger partial charge in [0.25, 0.3) is 5.91 Å². The molecule has 1 heterocycles. The van der Waals surface area contributed by atoms with E-state index in [1.165, 1.54) is 24.3 Å². The summed E-state index contributed by atoms with van der Waals surface area (Å²) in [5.41, 5.74) is 0.563. The molecule has 0 aromatic heterocycles. The van der Waals surface area contributed by atoms with Crippen molar-refractivity contribution in [3.05, 3.63) is 41.7 Å². The van der Waals surface area contributed by atoms with Crippen LogP contribution < -0.4 is 0 Å². The molecule has 2 rings (SSSR count). The average molecular weight is 277 g/mol. The Morgan fingerprint density at radius 2 is 2.05 bits per heavy atom. The van der Waals surface area contributed by atoms with E-state index in [0.29, 0.717) is 5.56 Å². The van der Waals surface area contributed by atoms with Gasteiger partial charge in [0, 0.05) is 19.2 Å². The topological polar surface area (TPSA) is 46.6 Å². The summed E-state index contributed by atoms with van der Waals surface area (Å²) in [7, 11) is 0. The van der Waals surface area contributed by atoms with Crippen LogP contribution in [0.15, 0.2) is 30.3 Å². The number of carbonyl (C=O) groups excluding carboxylic acids is 2. The number of halogens is 1. The number of amides is 1. The van der Waals surface area contributed by atoms with E-state index < -0.39 is 5.97 Å². The quantitative estimate of drug-likeness (QED) is 0.624. The molecule has 0 radical (unpaired) electrons. The third-order valence-electron chi connectivity index (χ3n) is 3.06. The molecule has 106 valence electrons. The Hall–Kier alpha value is -2.17. The first kappa shape index (κ1) is 14.2. The van der Waals surface area contributed by atoms with Gasteiger partial charge in [-0.3, -0.25) is 4.79 Å². The second-order valence-corrected chi connectivity index (χ2v) is 4.58. The minimum absolute atomic E-state index is 0.171. The molecule has 1 aromatic rings. The number of carbonyl (C=O) groups is 2. The molecule has 1 aromatic carbocycles. The minimum atomic E-state index is -0.609. The number of likely N-dealkylation sites (tertiary alicyclic amines) is 1. The summed E-state index contributed by atoms with van der Waals surface area (Å²) in [6, 6.07) is 5.85. The van der Waals surface area contributed by atoms with Crippen molar-refractivity contribution in [2.75, 3.05) is 19.7 Å². The SMILES string of the molecule is O=C(C=Cc1cccc(F)c1)OCC(=O)N1CCCC1. The largest absolute Gasteiger partial charge is 0.452 e. The van der Waals surface area contributed by atoms with Gasteiger partial charge < -0.3 is 9.64 Å². The number of rotatable bonds is 4. The maximum Gasteiger partial charge on any atom is 0.331 e. The van der Waals surface area contributed by atoms with Gasteiger partial charge in [0.15, 0.2) is 6.61 Å². The number of esters is 1. The standard InChI is InChI=1S/C15H16FNO3/c16-13-5-3-4-12(10-13)6-7-15(19)20-11-14(18)17-8-1-2-9-17/h3-7,10H,1-2,8-9,11H2. The van der Waals surface area contributed by atoms with Crippen LogP contribution in [-0.4, -0.2) is 36.5 Å². The van der Waals surface area contributed by atoms with Crippen molar-refractivity contribution in [2.24, 2.45) is 0 Å². The molecule has 1 fully saturated rings. The summed E-state index contributed by atoms with van der Waals surface area (Å²) in [6.45, 7) is 1.22. The lowest BCUT2D eigenvalue weighted by molar-refractivity contribution is -0.147. The third-order valence-corrected chi connectivity index (χ3v) is 3.06. The number of hydrogen-bond donors (Lipinski definition) is 0. The van der Waals surface area contributed by atoms with E-state index in [9.17, 15) is 14.0 Å². The lowest BCUT2D eigenvalue weighted by atomic mass is 10.2. The van der Waals surface area contributed by atoms with Crippen LogP contribution in [0, 0.1) is 5.82 Å². The van der Waals surface area contributed by atoms with Crippen molar-refractivity contribution in [3.63, 3.8) is 0 Å². The number of benzene rings is 1. The predicted octanol–water partition coefficient (Wildman–Crippen LogP) is 2.00. The molecule has 1 aliphatic heterocycles. The zero-order valence-corrected chi connectivity index (χ0v) is 11.0. The second-order valence-electron chi connectivity index (χ2n) is 4.58. The normalized spacial score (nSPS) is 14.8. The van der Waals surface area contributed by atoms with Gasteiger partial charge in [-0.2, -0.15) is 0 Å². The highest BCUT2D eigenvalue weighted by Crippen LogP contribution is 2.08. The highest BCUT2D eigenvalue weighted by atomic mass is 19.1. The third kappa shape index (κ3) is 4.19. The Kier molecular flexibility index (Phi) is 4.87. The first-order valence-electron chi connectivity index (χ1n) is 6.53. The Labute approximate surface area is 116 Å². The minimum Gasteiger partial charge on any atom is -0.452 e. The Morgan fingerprint density at radius 3 is 2.75 bits per heavy atom. The molecule has 1 amide bonds. The van der Waals surface area contributed by atoms with E-state index in [4.69, 9.17) is 4.74 Å². The van der Waals surface area contributed by atoms with E-state index in [1.54, 1.807) is 17.0 Å². The highest BCUT2D eigenvalue weighted by Gasteiger charge is 2.18. The Morgan fingerprint density at radius 1 is 1.30 bits per heavy atom. The molecule has 0 saturated carbocycles. The molecule has 1 saturated heterocycles. The summed E-state index contributed by atoms with van der Waals surface area (Å²) in [5, 5.41) is 0. The Balaban J connectivity index is 1.79. The van der Waals surface area contributed by atoms with E-state index in [1.807, 2.05) is 0 Å². The summed E-state index contributed by atoms with van der Waals surface area (Å²) >= 11 is 0.